The molecule has 0 aromatic carbocycles. The Balaban J connectivity index is 0. The SMILES string of the molecule is CCCN(C(=O)O)C(C)(C)CCN.Cl. The Kier molecular flexibility index (Phi) is 7.87. The highest BCUT2D eigenvalue weighted by atomic mass is 35.5. The van der Waals surface area contributed by atoms with Gasteiger partial charge in [-0.15, -0.1) is 12.4 Å². The van der Waals surface area contributed by atoms with E-state index < -0.39 is 6.09 Å². The van der Waals surface area contributed by atoms with Crippen molar-refractivity contribution in [2.45, 2.75) is 39.2 Å². The molecule has 0 radical (unpaired) electrons. The van der Waals surface area contributed by atoms with Crippen LogP contribution in [0, 0.1) is 0 Å². The molecule has 0 bridgehead atoms. The lowest BCUT2D eigenvalue weighted by atomic mass is 9.98. The van der Waals surface area contributed by atoms with E-state index in [1.807, 2.05) is 20.8 Å². The van der Waals surface area contributed by atoms with Gasteiger partial charge in [-0.3, -0.25) is 0 Å². The van der Waals surface area contributed by atoms with E-state index in [9.17, 15) is 4.79 Å². The molecule has 86 valence electrons. The minimum absolute atomic E-state index is 0. The molecule has 0 aliphatic rings. The fourth-order valence-electron chi connectivity index (χ4n) is 1.37. The zero-order valence-corrected chi connectivity index (χ0v) is 9.93. The Morgan fingerprint density at radius 2 is 2.00 bits per heavy atom. The lowest BCUT2D eigenvalue weighted by Gasteiger charge is -2.36. The third-order valence-corrected chi connectivity index (χ3v) is 2.16. The van der Waals surface area contributed by atoms with Crippen LogP contribution in [0.4, 0.5) is 4.79 Å². The third kappa shape index (κ3) is 4.67. The molecule has 0 unspecified atom stereocenters. The van der Waals surface area contributed by atoms with Gasteiger partial charge in [-0.1, -0.05) is 6.92 Å². The molecule has 0 heterocycles. The molecule has 4 nitrogen and oxygen atoms in total. The lowest BCUT2D eigenvalue weighted by Crippen LogP contribution is -2.48. The number of hydrogen-bond acceptors (Lipinski definition) is 2. The van der Waals surface area contributed by atoms with Gasteiger partial charge in [-0.25, -0.2) is 4.79 Å². The Hall–Kier alpha value is -0.480. The molecule has 0 aromatic rings. The fourth-order valence-corrected chi connectivity index (χ4v) is 1.37. The van der Waals surface area contributed by atoms with Gasteiger partial charge < -0.3 is 15.7 Å². The molecule has 0 aliphatic carbocycles. The molecule has 1 amide bonds. The van der Waals surface area contributed by atoms with Gasteiger partial charge >= 0.3 is 6.09 Å². The van der Waals surface area contributed by atoms with Crippen LogP contribution in [0.5, 0.6) is 0 Å². The summed E-state index contributed by atoms with van der Waals surface area (Å²) in [4.78, 5) is 12.4. The predicted molar refractivity (Wildman–Crippen MR) is 60.0 cm³/mol. The first-order chi connectivity index (χ1) is 5.95. The smallest absolute Gasteiger partial charge is 0.407 e. The van der Waals surface area contributed by atoms with Gasteiger partial charge in [0.1, 0.15) is 0 Å². The second kappa shape index (κ2) is 6.90. The van der Waals surface area contributed by atoms with Crippen molar-refractivity contribution >= 4 is 18.5 Å². The van der Waals surface area contributed by atoms with Gasteiger partial charge in [-0.05, 0) is 33.2 Å². The van der Waals surface area contributed by atoms with Crippen LogP contribution in [0.3, 0.4) is 0 Å². The number of hydrogen-bond donors (Lipinski definition) is 2. The van der Waals surface area contributed by atoms with Crippen LogP contribution in [-0.2, 0) is 0 Å². The largest absolute Gasteiger partial charge is 0.465 e. The number of nitrogens with two attached hydrogens (primary N) is 1. The van der Waals surface area contributed by atoms with Crippen molar-refractivity contribution in [3.63, 3.8) is 0 Å². The quantitative estimate of drug-likeness (QED) is 0.750. The van der Waals surface area contributed by atoms with Crippen molar-refractivity contribution in [3.8, 4) is 0 Å². The number of amides is 1. The molecule has 0 rings (SSSR count). The van der Waals surface area contributed by atoms with Gasteiger partial charge in [0.25, 0.3) is 0 Å². The maximum atomic E-state index is 10.9. The molecule has 14 heavy (non-hydrogen) atoms. The summed E-state index contributed by atoms with van der Waals surface area (Å²) in [5.41, 5.74) is 5.08. The fraction of sp³-hybridized carbons (Fsp3) is 0.889. The van der Waals surface area contributed by atoms with Crippen LogP contribution >= 0.6 is 12.4 Å². The Bertz CT molecular complexity index is 174. The summed E-state index contributed by atoms with van der Waals surface area (Å²) in [6, 6.07) is 0. The van der Waals surface area contributed by atoms with Crippen LogP contribution in [0.15, 0.2) is 0 Å². The molecule has 0 aliphatic heterocycles. The van der Waals surface area contributed by atoms with Crippen LogP contribution < -0.4 is 5.73 Å². The molecule has 0 aromatic heterocycles. The summed E-state index contributed by atoms with van der Waals surface area (Å²) in [6.45, 7) is 6.87. The summed E-state index contributed by atoms with van der Waals surface area (Å²) in [7, 11) is 0. The maximum Gasteiger partial charge on any atom is 0.407 e. The van der Waals surface area contributed by atoms with E-state index in [4.69, 9.17) is 10.8 Å². The molecule has 0 atom stereocenters. The predicted octanol–water partition coefficient (Wildman–Crippen LogP) is 1.93. The topological polar surface area (TPSA) is 66.6 Å². The number of carboxylic acid groups (broad SMARTS) is 1. The Morgan fingerprint density at radius 1 is 1.50 bits per heavy atom. The monoisotopic (exact) mass is 224 g/mol. The Labute approximate surface area is 91.9 Å². The molecule has 0 fully saturated rings. The van der Waals surface area contributed by atoms with Gasteiger partial charge in [0, 0.05) is 12.1 Å². The van der Waals surface area contributed by atoms with E-state index in [0.717, 1.165) is 6.42 Å². The van der Waals surface area contributed by atoms with E-state index in [2.05, 4.69) is 0 Å². The van der Waals surface area contributed by atoms with E-state index in [0.29, 0.717) is 19.5 Å². The van der Waals surface area contributed by atoms with Crippen molar-refractivity contribution in [3.05, 3.63) is 0 Å². The van der Waals surface area contributed by atoms with Gasteiger partial charge in [0.05, 0.1) is 0 Å². The summed E-state index contributed by atoms with van der Waals surface area (Å²) in [5.74, 6) is 0. The van der Waals surface area contributed by atoms with Crippen molar-refractivity contribution in [2.24, 2.45) is 5.73 Å². The standard InChI is InChI=1S/C9H20N2O2.ClH/c1-4-7-11(8(12)13)9(2,3)5-6-10;/h4-7,10H2,1-3H3,(H,12,13);1H. The van der Waals surface area contributed by atoms with Gasteiger partial charge in [-0.2, -0.15) is 0 Å². The second-order valence-electron chi connectivity index (χ2n) is 3.79. The van der Waals surface area contributed by atoms with E-state index >= 15 is 0 Å². The highest BCUT2D eigenvalue weighted by molar-refractivity contribution is 5.85. The maximum absolute atomic E-state index is 10.9. The average Bonchev–Trinajstić information content (AvgIpc) is 1.99. The molecule has 0 saturated heterocycles. The van der Waals surface area contributed by atoms with Crippen LogP contribution in [0.25, 0.3) is 0 Å². The minimum Gasteiger partial charge on any atom is -0.465 e. The van der Waals surface area contributed by atoms with Crippen LogP contribution in [0.2, 0.25) is 0 Å². The van der Waals surface area contributed by atoms with Crippen molar-refractivity contribution < 1.29 is 9.90 Å². The van der Waals surface area contributed by atoms with E-state index in [-0.39, 0.29) is 17.9 Å². The first kappa shape index (κ1) is 16.0. The van der Waals surface area contributed by atoms with Crippen LogP contribution in [-0.4, -0.2) is 34.7 Å². The molecule has 5 heteroatoms. The molecular formula is C9H21ClN2O2. The summed E-state index contributed by atoms with van der Waals surface area (Å²) >= 11 is 0. The average molecular weight is 225 g/mol. The first-order valence-electron chi connectivity index (χ1n) is 4.66. The van der Waals surface area contributed by atoms with Crippen molar-refractivity contribution in [2.75, 3.05) is 13.1 Å². The number of rotatable bonds is 5. The molecule has 0 spiro atoms. The summed E-state index contributed by atoms with van der Waals surface area (Å²) < 4.78 is 0. The third-order valence-electron chi connectivity index (χ3n) is 2.16. The minimum atomic E-state index is -0.861. The van der Waals surface area contributed by atoms with Crippen LogP contribution in [0.1, 0.15) is 33.6 Å². The van der Waals surface area contributed by atoms with Gasteiger partial charge in [0.15, 0.2) is 0 Å². The highest BCUT2D eigenvalue weighted by Gasteiger charge is 2.28. The molecule has 3 N–H and O–H groups in total. The van der Waals surface area contributed by atoms with Gasteiger partial charge in [0.2, 0.25) is 0 Å². The second-order valence-corrected chi connectivity index (χ2v) is 3.79. The first-order valence-corrected chi connectivity index (χ1v) is 4.66. The summed E-state index contributed by atoms with van der Waals surface area (Å²) in [6.07, 6.45) is 0.667. The highest BCUT2D eigenvalue weighted by Crippen LogP contribution is 2.18. The van der Waals surface area contributed by atoms with Crippen molar-refractivity contribution in [1.82, 2.24) is 4.90 Å². The zero-order valence-electron chi connectivity index (χ0n) is 9.12. The summed E-state index contributed by atoms with van der Waals surface area (Å²) in [5, 5.41) is 8.95. The molecular weight excluding hydrogens is 204 g/mol. The normalized spacial score (nSPS) is 10.6. The zero-order chi connectivity index (χ0) is 10.5. The Morgan fingerprint density at radius 3 is 2.29 bits per heavy atom. The lowest BCUT2D eigenvalue weighted by molar-refractivity contribution is 0.0889. The van der Waals surface area contributed by atoms with Crippen molar-refractivity contribution in [1.29, 1.82) is 0 Å². The number of halogens is 1. The number of nitrogens with zero attached hydrogens (tertiary/aromatic N) is 1. The van der Waals surface area contributed by atoms with E-state index in [1.54, 1.807) is 0 Å². The number of carbonyl (C=O) groups is 1. The van der Waals surface area contributed by atoms with E-state index in [1.165, 1.54) is 4.90 Å². The molecule has 0 saturated carbocycles.